The van der Waals surface area contributed by atoms with E-state index in [0.717, 1.165) is 5.56 Å². The molecule has 0 saturated carbocycles. The first-order valence-corrected chi connectivity index (χ1v) is 6.63. The molecule has 2 nitrogen and oxygen atoms in total. The molecule has 1 atom stereocenters. The van der Waals surface area contributed by atoms with Gasteiger partial charge in [-0.25, -0.2) is 4.39 Å². The summed E-state index contributed by atoms with van der Waals surface area (Å²) in [4.78, 5) is 0. The summed E-state index contributed by atoms with van der Waals surface area (Å²) < 4.78 is 19.6. The summed E-state index contributed by atoms with van der Waals surface area (Å²) in [5, 5.41) is 3.57. The first kappa shape index (κ1) is 13.6. The maximum atomic E-state index is 13.7. The average molecular weight is 333 g/mol. The minimum Gasteiger partial charge on any atom is -0.457 e. The first-order chi connectivity index (χ1) is 8.63. The lowest BCUT2D eigenvalue weighted by atomic mass is 10.0. The van der Waals surface area contributed by atoms with Crippen molar-refractivity contribution in [2.75, 3.05) is 7.05 Å². The lowest BCUT2D eigenvalue weighted by molar-refractivity contribution is 0.512. The Morgan fingerprint density at radius 1 is 1.44 bits per heavy atom. The lowest BCUT2D eigenvalue weighted by Gasteiger charge is -2.16. The van der Waals surface area contributed by atoms with Crippen LogP contribution in [0.2, 0.25) is 5.02 Å². The van der Waals surface area contributed by atoms with E-state index in [2.05, 4.69) is 21.2 Å². The van der Waals surface area contributed by atoms with Gasteiger partial charge in [0.1, 0.15) is 5.82 Å². The van der Waals surface area contributed by atoms with E-state index >= 15 is 0 Å². The highest BCUT2D eigenvalue weighted by Crippen LogP contribution is 2.30. The summed E-state index contributed by atoms with van der Waals surface area (Å²) in [6.07, 6.45) is 2.05. The fourth-order valence-electron chi connectivity index (χ4n) is 1.85. The molecule has 0 amide bonds. The van der Waals surface area contributed by atoms with Crippen molar-refractivity contribution >= 4 is 27.5 Å². The van der Waals surface area contributed by atoms with Crippen molar-refractivity contribution in [2.45, 2.75) is 12.5 Å². The van der Waals surface area contributed by atoms with Gasteiger partial charge in [0, 0.05) is 22.2 Å². The zero-order chi connectivity index (χ0) is 13.1. The van der Waals surface area contributed by atoms with E-state index < -0.39 is 0 Å². The van der Waals surface area contributed by atoms with Gasteiger partial charge >= 0.3 is 0 Å². The van der Waals surface area contributed by atoms with E-state index in [1.807, 2.05) is 13.1 Å². The Hall–Kier alpha value is -0.840. The summed E-state index contributed by atoms with van der Waals surface area (Å²) in [7, 11) is 1.82. The Labute approximate surface area is 118 Å². The molecule has 0 aliphatic heterocycles. The van der Waals surface area contributed by atoms with Gasteiger partial charge in [-0.2, -0.15) is 0 Å². The van der Waals surface area contributed by atoms with Crippen molar-refractivity contribution < 1.29 is 8.81 Å². The fourth-order valence-corrected chi connectivity index (χ4v) is 2.61. The second kappa shape index (κ2) is 5.87. The Bertz CT molecular complexity index is 523. The van der Waals surface area contributed by atoms with Crippen molar-refractivity contribution in [2.24, 2.45) is 0 Å². The SMILES string of the molecule is CNC(Cc1c(F)cccc1Cl)c1ccoc1Br. The first-order valence-electron chi connectivity index (χ1n) is 5.46. The minimum absolute atomic E-state index is 0.0625. The second-order valence-electron chi connectivity index (χ2n) is 3.90. The highest BCUT2D eigenvalue weighted by atomic mass is 79.9. The van der Waals surface area contributed by atoms with Gasteiger partial charge < -0.3 is 9.73 Å². The highest BCUT2D eigenvalue weighted by Gasteiger charge is 2.18. The third kappa shape index (κ3) is 2.76. The molecule has 1 aromatic carbocycles. The van der Waals surface area contributed by atoms with Crippen molar-refractivity contribution in [1.29, 1.82) is 0 Å². The normalized spacial score (nSPS) is 12.7. The lowest BCUT2D eigenvalue weighted by Crippen LogP contribution is -2.19. The number of benzene rings is 1. The molecule has 18 heavy (non-hydrogen) atoms. The minimum atomic E-state index is -0.289. The summed E-state index contributed by atoms with van der Waals surface area (Å²) in [6.45, 7) is 0. The standard InChI is InChI=1S/C13H12BrClFNO/c1-17-12(8-5-6-18-13(8)14)7-9-10(15)3-2-4-11(9)16/h2-6,12,17H,7H2,1H3. The molecule has 96 valence electrons. The molecule has 1 N–H and O–H groups in total. The molecule has 2 rings (SSSR count). The Balaban J connectivity index is 2.29. The van der Waals surface area contributed by atoms with Crippen LogP contribution in [0.15, 0.2) is 39.6 Å². The van der Waals surface area contributed by atoms with Gasteiger partial charge in [0.05, 0.1) is 6.26 Å². The predicted molar refractivity (Wildman–Crippen MR) is 73.3 cm³/mol. The topological polar surface area (TPSA) is 25.2 Å². The van der Waals surface area contributed by atoms with Gasteiger partial charge in [-0.1, -0.05) is 17.7 Å². The van der Waals surface area contributed by atoms with Crippen molar-refractivity contribution in [3.63, 3.8) is 0 Å². The van der Waals surface area contributed by atoms with Crippen LogP contribution in [-0.4, -0.2) is 7.05 Å². The van der Waals surface area contributed by atoms with Crippen LogP contribution in [0.5, 0.6) is 0 Å². The molecule has 0 aliphatic rings. The number of halogens is 3. The van der Waals surface area contributed by atoms with Crippen LogP contribution < -0.4 is 5.32 Å². The molecule has 0 fully saturated rings. The molecule has 5 heteroatoms. The van der Waals surface area contributed by atoms with Crippen LogP contribution in [0.3, 0.4) is 0 Å². The number of nitrogens with one attached hydrogen (secondary N) is 1. The Morgan fingerprint density at radius 3 is 2.78 bits per heavy atom. The Morgan fingerprint density at radius 2 is 2.22 bits per heavy atom. The van der Waals surface area contributed by atoms with E-state index in [9.17, 15) is 4.39 Å². The number of hydrogen-bond acceptors (Lipinski definition) is 2. The third-order valence-electron chi connectivity index (χ3n) is 2.84. The smallest absolute Gasteiger partial charge is 0.173 e. The summed E-state index contributed by atoms with van der Waals surface area (Å²) >= 11 is 9.35. The van der Waals surface area contributed by atoms with Crippen molar-refractivity contribution in [1.82, 2.24) is 5.32 Å². The van der Waals surface area contributed by atoms with Gasteiger partial charge in [-0.3, -0.25) is 0 Å². The second-order valence-corrected chi connectivity index (χ2v) is 5.02. The van der Waals surface area contributed by atoms with Gasteiger partial charge in [0.15, 0.2) is 4.67 Å². The summed E-state index contributed by atoms with van der Waals surface area (Å²) in [5.74, 6) is -0.289. The number of likely N-dealkylation sites (N-methyl/N-ethyl adjacent to an activating group) is 1. The molecule has 0 spiro atoms. The molecule has 0 bridgehead atoms. The molecule has 0 aliphatic carbocycles. The molecule has 0 saturated heterocycles. The third-order valence-corrected chi connectivity index (χ3v) is 3.84. The molecular weight excluding hydrogens is 321 g/mol. The average Bonchev–Trinajstić information content (AvgIpc) is 2.76. The molecule has 1 heterocycles. The number of rotatable bonds is 4. The van der Waals surface area contributed by atoms with Crippen molar-refractivity contribution in [3.05, 3.63) is 57.2 Å². The quantitative estimate of drug-likeness (QED) is 0.901. The van der Waals surface area contributed by atoms with Crippen LogP contribution >= 0.6 is 27.5 Å². The van der Waals surface area contributed by atoms with E-state index in [4.69, 9.17) is 16.0 Å². The van der Waals surface area contributed by atoms with Crippen molar-refractivity contribution in [3.8, 4) is 0 Å². The van der Waals surface area contributed by atoms with E-state index in [1.165, 1.54) is 6.07 Å². The van der Waals surface area contributed by atoms with Crippen LogP contribution in [-0.2, 0) is 6.42 Å². The van der Waals surface area contributed by atoms with E-state index in [-0.39, 0.29) is 11.9 Å². The van der Waals surface area contributed by atoms with Crippen LogP contribution in [0.25, 0.3) is 0 Å². The molecular formula is C13H12BrClFNO. The van der Waals surface area contributed by atoms with Crippen LogP contribution in [0.1, 0.15) is 17.2 Å². The maximum Gasteiger partial charge on any atom is 0.173 e. The summed E-state index contributed by atoms with van der Waals surface area (Å²) in [6, 6.07) is 6.49. The largest absolute Gasteiger partial charge is 0.457 e. The van der Waals surface area contributed by atoms with E-state index in [1.54, 1.807) is 18.4 Å². The van der Waals surface area contributed by atoms with E-state index in [0.29, 0.717) is 21.7 Å². The van der Waals surface area contributed by atoms with Gasteiger partial charge in [-0.15, -0.1) is 0 Å². The van der Waals surface area contributed by atoms with Gasteiger partial charge in [0.2, 0.25) is 0 Å². The maximum absolute atomic E-state index is 13.7. The summed E-state index contributed by atoms with van der Waals surface area (Å²) in [5.41, 5.74) is 1.45. The molecule has 2 aromatic rings. The molecule has 1 aromatic heterocycles. The zero-order valence-corrected chi connectivity index (χ0v) is 12.1. The highest BCUT2D eigenvalue weighted by molar-refractivity contribution is 9.10. The van der Waals surface area contributed by atoms with Gasteiger partial charge in [-0.05, 0) is 47.6 Å². The fraction of sp³-hybridized carbons (Fsp3) is 0.231. The van der Waals surface area contributed by atoms with Crippen LogP contribution in [0, 0.1) is 5.82 Å². The number of furan rings is 1. The zero-order valence-electron chi connectivity index (χ0n) is 9.71. The molecule has 0 radical (unpaired) electrons. The molecule has 1 unspecified atom stereocenters. The Kier molecular flexibility index (Phi) is 4.43. The van der Waals surface area contributed by atoms with Gasteiger partial charge in [0.25, 0.3) is 0 Å². The monoisotopic (exact) mass is 331 g/mol. The number of hydrogen-bond donors (Lipinski definition) is 1. The predicted octanol–water partition coefficient (Wildman–Crippen LogP) is 4.34. The van der Waals surface area contributed by atoms with Crippen LogP contribution in [0.4, 0.5) is 4.39 Å².